The molecule has 0 saturated heterocycles. The number of rotatable bonds is 6. The highest BCUT2D eigenvalue weighted by Crippen LogP contribution is 2.11. The number of amides is 1. The largest absolute Gasteiger partial charge is 0.383 e. The van der Waals surface area contributed by atoms with E-state index in [2.05, 4.69) is 5.32 Å². The van der Waals surface area contributed by atoms with E-state index in [9.17, 15) is 13.6 Å². The van der Waals surface area contributed by atoms with Crippen molar-refractivity contribution in [3.05, 3.63) is 35.4 Å². The van der Waals surface area contributed by atoms with Crippen LogP contribution >= 0.6 is 0 Å². The molecule has 0 aromatic heterocycles. The Bertz CT molecular complexity index is 393. The molecule has 0 spiro atoms. The van der Waals surface area contributed by atoms with E-state index >= 15 is 0 Å². The molecule has 1 aromatic rings. The van der Waals surface area contributed by atoms with Gasteiger partial charge < -0.3 is 15.8 Å². The van der Waals surface area contributed by atoms with Crippen molar-refractivity contribution in [2.24, 2.45) is 5.73 Å². The Morgan fingerprint density at radius 2 is 2.06 bits per heavy atom. The highest BCUT2D eigenvalue weighted by Gasteiger charge is 2.16. The topological polar surface area (TPSA) is 64.3 Å². The van der Waals surface area contributed by atoms with Gasteiger partial charge in [0.1, 0.15) is 17.2 Å². The van der Waals surface area contributed by atoms with Gasteiger partial charge in [-0.3, -0.25) is 4.79 Å². The van der Waals surface area contributed by atoms with Crippen molar-refractivity contribution in [3.8, 4) is 0 Å². The average Bonchev–Trinajstić information content (AvgIpc) is 2.29. The molecule has 1 unspecified atom stereocenters. The first kappa shape index (κ1) is 14.5. The smallest absolute Gasteiger partial charge is 0.257 e. The van der Waals surface area contributed by atoms with Crippen LogP contribution in [0.2, 0.25) is 0 Å². The third-order valence-corrected chi connectivity index (χ3v) is 2.37. The molecule has 0 saturated carbocycles. The highest BCUT2D eigenvalue weighted by atomic mass is 19.1. The molecule has 6 heteroatoms. The summed E-state index contributed by atoms with van der Waals surface area (Å²) in [7, 11) is 1.52. The standard InChI is InChI=1S/C12H16F2N2O2/c1-18-7-8(15)5-6-16-12(17)11-9(13)3-2-4-10(11)14/h2-4,8H,5-7,15H2,1H3,(H,16,17). The summed E-state index contributed by atoms with van der Waals surface area (Å²) in [6, 6.07) is 3.06. The predicted molar refractivity (Wildman–Crippen MR) is 63.2 cm³/mol. The van der Waals surface area contributed by atoms with Gasteiger partial charge in [-0.05, 0) is 18.6 Å². The molecule has 0 heterocycles. The number of nitrogens with two attached hydrogens (primary N) is 1. The lowest BCUT2D eigenvalue weighted by atomic mass is 10.1. The van der Waals surface area contributed by atoms with Gasteiger partial charge in [0.15, 0.2) is 0 Å². The molecule has 0 radical (unpaired) electrons. The van der Waals surface area contributed by atoms with E-state index in [1.807, 2.05) is 0 Å². The molecule has 1 atom stereocenters. The van der Waals surface area contributed by atoms with Crippen LogP contribution in [0.1, 0.15) is 16.8 Å². The minimum atomic E-state index is -0.881. The minimum Gasteiger partial charge on any atom is -0.383 e. The second kappa shape index (κ2) is 7.03. The molecule has 0 aliphatic rings. The molecule has 0 bridgehead atoms. The van der Waals surface area contributed by atoms with Crippen LogP contribution in [-0.2, 0) is 4.74 Å². The predicted octanol–water partition coefficient (Wildman–Crippen LogP) is 1.06. The molecule has 4 nitrogen and oxygen atoms in total. The third kappa shape index (κ3) is 4.05. The van der Waals surface area contributed by atoms with Crippen molar-refractivity contribution < 1.29 is 18.3 Å². The highest BCUT2D eigenvalue weighted by molar-refractivity contribution is 5.94. The van der Waals surface area contributed by atoms with E-state index < -0.39 is 23.1 Å². The molecule has 1 aromatic carbocycles. The van der Waals surface area contributed by atoms with E-state index in [1.54, 1.807) is 0 Å². The van der Waals surface area contributed by atoms with E-state index in [-0.39, 0.29) is 12.6 Å². The molecule has 0 aliphatic carbocycles. The number of methoxy groups -OCH3 is 1. The van der Waals surface area contributed by atoms with Crippen molar-refractivity contribution in [3.63, 3.8) is 0 Å². The van der Waals surface area contributed by atoms with Crippen molar-refractivity contribution in [1.29, 1.82) is 0 Å². The zero-order valence-electron chi connectivity index (χ0n) is 10.1. The number of benzene rings is 1. The SMILES string of the molecule is COCC(N)CCNC(=O)c1c(F)cccc1F. The maximum atomic E-state index is 13.3. The first-order valence-corrected chi connectivity index (χ1v) is 5.53. The van der Waals surface area contributed by atoms with Crippen molar-refractivity contribution in [2.75, 3.05) is 20.3 Å². The van der Waals surface area contributed by atoms with Gasteiger partial charge >= 0.3 is 0 Å². The lowest BCUT2D eigenvalue weighted by Gasteiger charge is -2.11. The molecule has 18 heavy (non-hydrogen) atoms. The number of hydrogen-bond acceptors (Lipinski definition) is 3. The van der Waals surface area contributed by atoms with Crippen LogP contribution < -0.4 is 11.1 Å². The molecule has 0 fully saturated rings. The van der Waals surface area contributed by atoms with Gasteiger partial charge in [0.25, 0.3) is 5.91 Å². The number of carbonyl (C=O) groups is 1. The van der Waals surface area contributed by atoms with Crippen molar-refractivity contribution in [1.82, 2.24) is 5.32 Å². The zero-order valence-corrected chi connectivity index (χ0v) is 10.1. The average molecular weight is 258 g/mol. The summed E-state index contributed by atoms with van der Waals surface area (Å²) in [5.41, 5.74) is 5.07. The molecule has 3 N–H and O–H groups in total. The van der Waals surface area contributed by atoms with Gasteiger partial charge in [-0.1, -0.05) is 6.07 Å². The number of ether oxygens (including phenoxy) is 1. The Morgan fingerprint density at radius 3 is 2.61 bits per heavy atom. The lowest BCUT2D eigenvalue weighted by molar-refractivity contribution is 0.0941. The van der Waals surface area contributed by atoms with E-state index in [0.717, 1.165) is 12.1 Å². The van der Waals surface area contributed by atoms with E-state index in [0.29, 0.717) is 13.0 Å². The first-order chi connectivity index (χ1) is 8.56. The number of carbonyl (C=O) groups excluding carboxylic acids is 1. The van der Waals surface area contributed by atoms with Crippen LogP contribution in [0.4, 0.5) is 8.78 Å². The van der Waals surface area contributed by atoms with Crippen LogP contribution in [0.15, 0.2) is 18.2 Å². The van der Waals surface area contributed by atoms with Crippen LogP contribution in [0.25, 0.3) is 0 Å². The summed E-state index contributed by atoms with van der Waals surface area (Å²) in [6.45, 7) is 0.598. The monoisotopic (exact) mass is 258 g/mol. The Morgan fingerprint density at radius 1 is 1.44 bits per heavy atom. The second-order valence-electron chi connectivity index (χ2n) is 3.86. The molecular weight excluding hydrogens is 242 g/mol. The molecular formula is C12H16F2N2O2. The first-order valence-electron chi connectivity index (χ1n) is 5.53. The van der Waals surface area contributed by atoms with Gasteiger partial charge in [-0.25, -0.2) is 8.78 Å². The summed E-state index contributed by atoms with van der Waals surface area (Å²) < 4.78 is 31.4. The van der Waals surface area contributed by atoms with Crippen LogP contribution in [0.3, 0.4) is 0 Å². The third-order valence-electron chi connectivity index (χ3n) is 2.37. The molecule has 1 rings (SSSR count). The van der Waals surface area contributed by atoms with Gasteiger partial charge in [-0.2, -0.15) is 0 Å². The summed E-state index contributed by atoms with van der Waals surface area (Å²) in [6.07, 6.45) is 0.468. The van der Waals surface area contributed by atoms with Gasteiger partial charge in [0.05, 0.1) is 6.61 Å². The van der Waals surface area contributed by atoms with Gasteiger partial charge in [0.2, 0.25) is 0 Å². The quantitative estimate of drug-likeness (QED) is 0.802. The summed E-state index contributed by atoms with van der Waals surface area (Å²) in [5.74, 6) is -2.54. The Hall–Kier alpha value is -1.53. The zero-order chi connectivity index (χ0) is 13.5. The van der Waals surface area contributed by atoms with Crippen LogP contribution in [0, 0.1) is 11.6 Å². The Labute approximate surface area is 104 Å². The van der Waals surface area contributed by atoms with E-state index in [4.69, 9.17) is 10.5 Å². The fourth-order valence-corrected chi connectivity index (χ4v) is 1.47. The fraction of sp³-hybridized carbons (Fsp3) is 0.417. The summed E-state index contributed by atoms with van der Waals surface area (Å²) in [4.78, 5) is 11.6. The lowest BCUT2D eigenvalue weighted by Crippen LogP contribution is -2.33. The fourth-order valence-electron chi connectivity index (χ4n) is 1.47. The Kier molecular flexibility index (Phi) is 5.67. The molecule has 1 amide bonds. The maximum Gasteiger partial charge on any atom is 0.257 e. The normalized spacial score (nSPS) is 12.2. The minimum absolute atomic E-state index is 0.222. The van der Waals surface area contributed by atoms with Crippen molar-refractivity contribution >= 4 is 5.91 Å². The van der Waals surface area contributed by atoms with Crippen LogP contribution in [-0.4, -0.2) is 32.2 Å². The number of halogens is 2. The van der Waals surface area contributed by atoms with Crippen molar-refractivity contribution in [2.45, 2.75) is 12.5 Å². The van der Waals surface area contributed by atoms with Gasteiger partial charge in [-0.15, -0.1) is 0 Å². The maximum absolute atomic E-state index is 13.3. The van der Waals surface area contributed by atoms with Gasteiger partial charge in [0, 0.05) is 19.7 Å². The second-order valence-corrected chi connectivity index (χ2v) is 3.86. The van der Waals surface area contributed by atoms with E-state index in [1.165, 1.54) is 13.2 Å². The number of nitrogens with one attached hydrogen (secondary N) is 1. The summed E-state index contributed by atoms with van der Waals surface area (Å²) >= 11 is 0. The summed E-state index contributed by atoms with van der Waals surface area (Å²) in [5, 5.41) is 2.42. The molecule has 0 aliphatic heterocycles. The number of hydrogen-bond donors (Lipinski definition) is 2. The molecule has 100 valence electrons. The Balaban J connectivity index is 2.51. The van der Waals surface area contributed by atoms with Crippen LogP contribution in [0.5, 0.6) is 0 Å².